The number of nitrogens with two attached hydrogens (primary N) is 1. The van der Waals surface area contributed by atoms with Crippen LogP contribution in [0.3, 0.4) is 0 Å². The number of amides is 1. The Balaban J connectivity index is 2.05. The Bertz CT molecular complexity index is 620. The smallest absolute Gasteiger partial charge is 0.296 e. The van der Waals surface area contributed by atoms with Crippen LogP contribution in [-0.2, 0) is 0 Å². The van der Waals surface area contributed by atoms with Crippen molar-refractivity contribution in [3.8, 4) is 11.8 Å². The van der Waals surface area contributed by atoms with Crippen LogP contribution >= 0.6 is 11.3 Å². The summed E-state index contributed by atoms with van der Waals surface area (Å²) in [6, 6.07) is 1.55. The van der Waals surface area contributed by atoms with Gasteiger partial charge < -0.3 is 10.3 Å². The molecule has 0 saturated carbocycles. The van der Waals surface area contributed by atoms with Crippen LogP contribution in [-0.4, -0.2) is 22.6 Å². The zero-order chi connectivity index (χ0) is 13.0. The van der Waals surface area contributed by atoms with Gasteiger partial charge in [0, 0.05) is 6.07 Å². The van der Waals surface area contributed by atoms with E-state index in [0.29, 0.717) is 10.8 Å². The third kappa shape index (κ3) is 2.94. The maximum absolute atomic E-state index is 11.7. The average Bonchev–Trinajstić information content (AvgIpc) is 2.96. The van der Waals surface area contributed by atoms with E-state index < -0.39 is 0 Å². The Hall–Kier alpha value is -2.17. The van der Waals surface area contributed by atoms with Crippen LogP contribution in [0, 0.1) is 18.8 Å². The first-order valence-electron chi connectivity index (χ1n) is 5.08. The van der Waals surface area contributed by atoms with Crippen molar-refractivity contribution in [2.24, 2.45) is 5.73 Å². The number of thiazole rings is 1. The van der Waals surface area contributed by atoms with Crippen LogP contribution in [0.25, 0.3) is 0 Å². The van der Waals surface area contributed by atoms with Gasteiger partial charge in [0.25, 0.3) is 5.91 Å². The van der Waals surface area contributed by atoms with Gasteiger partial charge in [0.2, 0.25) is 5.76 Å². The molecule has 2 aromatic rings. The van der Waals surface area contributed by atoms with Gasteiger partial charge in [-0.25, -0.2) is 4.98 Å². The first kappa shape index (κ1) is 12.3. The molecule has 0 saturated heterocycles. The van der Waals surface area contributed by atoms with E-state index in [9.17, 15) is 4.79 Å². The number of hydrogen-bond donors (Lipinski definition) is 2. The normalized spacial score (nSPS) is 9.67. The Kier molecular flexibility index (Phi) is 3.72. The molecule has 0 aromatic carbocycles. The summed E-state index contributed by atoms with van der Waals surface area (Å²) in [6.45, 7) is 2.03. The molecule has 0 aliphatic heterocycles. The molecule has 0 atom stereocenters. The lowest BCUT2D eigenvalue weighted by molar-refractivity contribution is 0.0988. The summed E-state index contributed by atoms with van der Waals surface area (Å²) in [4.78, 5) is 16.5. The SMILES string of the molecule is Cc1cc(C(=O)Nc2ncc(C#CCN)s2)on1. The van der Waals surface area contributed by atoms with Gasteiger partial charge in [-0.2, -0.15) is 0 Å². The summed E-state index contributed by atoms with van der Waals surface area (Å²) < 4.78 is 4.84. The number of aromatic nitrogens is 2. The van der Waals surface area contributed by atoms with Crippen molar-refractivity contribution >= 4 is 22.4 Å². The largest absolute Gasteiger partial charge is 0.351 e. The van der Waals surface area contributed by atoms with Gasteiger partial charge in [-0.05, 0) is 6.92 Å². The molecule has 2 heterocycles. The fourth-order valence-corrected chi connectivity index (χ4v) is 1.84. The molecule has 6 nitrogen and oxygen atoms in total. The Morgan fingerprint density at radius 1 is 1.67 bits per heavy atom. The highest BCUT2D eigenvalue weighted by atomic mass is 32.1. The topological polar surface area (TPSA) is 94.0 Å². The zero-order valence-electron chi connectivity index (χ0n) is 9.56. The molecule has 92 valence electrons. The van der Waals surface area contributed by atoms with E-state index in [4.69, 9.17) is 10.3 Å². The van der Waals surface area contributed by atoms with Crippen molar-refractivity contribution in [3.63, 3.8) is 0 Å². The van der Waals surface area contributed by atoms with Crippen LogP contribution in [0.2, 0.25) is 0 Å². The number of carbonyl (C=O) groups excluding carboxylic acids is 1. The van der Waals surface area contributed by atoms with E-state index in [1.54, 1.807) is 19.2 Å². The van der Waals surface area contributed by atoms with Crippen molar-refractivity contribution < 1.29 is 9.32 Å². The van der Waals surface area contributed by atoms with Gasteiger partial charge in [0.05, 0.1) is 23.3 Å². The van der Waals surface area contributed by atoms with E-state index in [2.05, 4.69) is 27.3 Å². The molecule has 2 rings (SSSR count). The average molecular weight is 262 g/mol. The number of aryl methyl sites for hydroxylation is 1. The second-order valence-corrected chi connectivity index (χ2v) is 4.35. The van der Waals surface area contributed by atoms with Gasteiger partial charge >= 0.3 is 0 Å². The standard InChI is InChI=1S/C11H10N4O2S/c1-7-5-9(17-15-7)10(16)14-11-13-6-8(18-11)3-2-4-12/h5-6H,4,12H2,1H3,(H,13,14,16). The van der Waals surface area contributed by atoms with E-state index in [-0.39, 0.29) is 18.2 Å². The molecule has 0 unspecified atom stereocenters. The van der Waals surface area contributed by atoms with Crippen molar-refractivity contribution in [2.75, 3.05) is 11.9 Å². The Morgan fingerprint density at radius 3 is 3.17 bits per heavy atom. The quantitative estimate of drug-likeness (QED) is 0.787. The molecule has 0 fully saturated rings. The molecule has 7 heteroatoms. The van der Waals surface area contributed by atoms with Crippen LogP contribution in [0.5, 0.6) is 0 Å². The number of anilines is 1. The molecule has 3 N–H and O–H groups in total. The molecular formula is C11H10N4O2S. The molecule has 1 amide bonds. The fourth-order valence-electron chi connectivity index (χ4n) is 1.16. The number of carbonyl (C=O) groups is 1. The van der Waals surface area contributed by atoms with Crippen LogP contribution in [0.15, 0.2) is 16.8 Å². The second kappa shape index (κ2) is 5.44. The molecular weight excluding hydrogens is 252 g/mol. The van der Waals surface area contributed by atoms with Gasteiger partial charge in [0.15, 0.2) is 5.13 Å². The highest BCUT2D eigenvalue weighted by molar-refractivity contribution is 7.16. The van der Waals surface area contributed by atoms with Crippen LogP contribution in [0.4, 0.5) is 5.13 Å². The van der Waals surface area contributed by atoms with Crippen molar-refractivity contribution in [1.29, 1.82) is 0 Å². The summed E-state index contributed by atoms with van der Waals surface area (Å²) in [5, 5.41) is 6.69. The Morgan fingerprint density at radius 2 is 2.50 bits per heavy atom. The molecule has 18 heavy (non-hydrogen) atoms. The van der Waals surface area contributed by atoms with Gasteiger partial charge in [0.1, 0.15) is 0 Å². The molecule has 0 spiro atoms. The first-order chi connectivity index (χ1) is 8.69. The van der Waals surface area contributed by atoms with Crippen LogP contribution < -0.4 is 11.1 Å². The number of hydrogen-bond acceptors (Lipinski definition) is 6. The molecule has 0 radical (unpaired) electrons. The second-order valence-electron chi connectivity index (χ2n) is 3.32. The first-order valence-corrected chi connectivity index (χ1v) is 5.90. The predicted octanol–water partition coefficient (Wildman–Crippen LogP) is 1.00. The minimum atomic E-state index is -0.386. The lowest BCUT2D eigenvalue weighted by atomic mass is 10.4. The third-order valence-corrected chi connectivity index (χ3v) is 2.72. The highest BCUT2D eigenvalue weighted by Gasteiger charge is 2.13. The van der Waals surface area contributed by atoms with Gasteiger partial charge in [-0.15, -0.1) is 0 Å². The molecule has 0 aliphatic carbocycles. The number of nitrogens with zero attached hydrogens (tertiary/aromatic N) is 2. The summed E-state index contributed by atoms with van der Waals surface area (Å²) >= 11 is 1.27. The number of rotatable bonds is 2. The summed E-state index contributed by atoms with van der Waals surface area (Å²) in [6.07, 6.45) is 1.58. The molecule has 2 aromatic heterocycles. The van der Waals surface area contributed by atoms with E-state index in [1.165, 1.54) is 11.3 Å². The fraction of sp³-hybridized carbons (Fsp3) is 0.182. The summed E-state index contributed by atoms with van der Waals surface area (Å²) in [5.74, 6) is 5.31. The summed E-state index contributed by atoms with van der Waals surface area (Å²) in [7, 11) is 0. The van der Waals surface area contributed by atoms with E-state index in [1.807, 2.05) is 0 Å². The van der Waals surface area contributed by atoms with E-state index in [0.717, 1.165) is 4.88 Å². The minimum Gasteiger partial charge on any atom is -0.351 e. The maximum atomic E-state index is 11.7. The van der Waals surface area contributed by atoms with Gasteiger partial charge in [-0.1, -0.05) is 28.3 Å². The third-order valence-electron chi connectivity index (χ3n) is 1.89. The molecule has 0 bridgehead atoms. The zero-order valence-corrected chi connectivity index (χ0v) is 10.4. The predicted molar refractivity (Wildman–Crippen MR) is 67.2 cm³/mol. The maximum Gasteiger partial charge on any atom is 0.296 e. The molecule has 0 aliphatic rings. The van der Waals surface area contributed by atoms with Crippen LogP contribution in [0.1, 0.15) is 21.1 Å². The van der Waals surface area contributed by atoms with Gasteiger partial charge in [-0.3, -0.25) is 10.1 Å². The van der Waals surface area contributed by atoms with E-state index >= 15 is 0 Å². The summed E-state index contributed by atoms with van der Waals surface area (Å²) in [5.41, 5.74) is 5.91. The van der Waals surface area contributed by atoms with Crippen molar-refractivity contribution in [1.82, 2.24) is 10.1 Å². The highest BCUT2D eigenvalue weighted by Crippen LogP contribution is 2.18. The Labute approximate surface area is 107 Å². The number of nitrogens with one attached hydrogen (secondary N) is 1. The minimum absolute atomic E-state index is 0.150. The lowest BCUT2D eigenvalue weighted by Crippen LogP contribution is -2.10. The van der Waals surface area contributed by atoms with Crippen molar-refractivity contribution in [2.45, 2.75) is 6.92 Å². The monoisotopic (exact) mass is 262 g/mol. The van der Waals surface area contributed by atoms with Crippen molar-refractivity contribution in [3.05, 3.63) is 28.6 Å². The lowest BCUT2D eigenvalue weighted by Gasteiger charge is -1.95.